The maximum absolute atomic E-state index is 10.7. The highest BCUT2D eigenvalue weighted by molar-refractivity contribution is 5.72. The number of benzene rings is 1. The molecule has 152 valence electrons. The van der Waals surface area contributed by atoms with E-state index in [1.807, 2.05) is 36.5 Å². The average molecular weight is 396 g/mol. The molecule has 0 amide bonds. The van der Waals surface area contributed by atoms with Gasteiger partial charge in [-0.1, -0.05) is 25.0 Å². The summed E-state index contributed by atoms with van der Waals surface area (Å²) in [6, 6.07) is 10.00. The van der Waals surface area contributed by atoms with Gasteiger partial charge < -0.3 is 29.3 Å². The van der Waals surface area contributed by atoms with Crippen LogP contribution in [0.15, 0.2) is 36.5 Å². The van der Waals surface area contributed by atoms with E-state index in [1.165, 1.54) is 0 Å². The van der Waals surface area contributed by atoms with Gasteiger partial charge in [0.2, 0.25) is 6.29 Å². The van der Waals surface area contributed by atoms with E-state index in [4.69, 9.17) is 14.2 Å². The van der Waals surface area contributed by atoms with Crippen LogP contribution in [0, 0.1) is 0 Å². The van der Waals surface area contributed by atoms with Crippen molar-refractivity contribution >= 4 is 5.69 Å². The molecule has 1 saturated carbocycles. The van der Waals surface area contributed by atoms with Crippen molar-refractivity contribution in [2.45, 2.75) is 55.9 Å². The molecule has 2 N–H and O–H groups in total. The van der Waals surface area contributed by atoms with Crippen molar-refractivity contribution in [1.82, 2.24) is 4.98 Å². The van der Waals surface area contributed by atoms with Crippen molar-refractivity contribution in [2.75, 3.05) is 18.1 Å². The van der Waals surface area contributed by atoms with Gasteiger partial charge in [-0.15, -0.1) is 0 Å². The van der Waals surface area contributed by atoms with Crippen molar-refractivity contribution in [1.29, 1.82) is 0 Å². The predicted molar refractivity (Wildman–Crippen MR) is 104 cm³/mol. The molecule has 4 heterocycles. The first-order chi connectivity index (χ1) is 14.2. The molecule has 2 saturated heterocycles. The zero-order chi connectivity index (χ0) is 19.6. The summed E-state index contributed by atoms with van der Waals surface area (Å²) < 4.78 is 17.4. The van der Waals surface area contributed by atoms with E-state index in [2.05, 4.69) is 9.88 Å². The highest BCUT2D eigenvalue weighted by Crippen LogP contribution is 2.47. The lowest BCUT2D eigenvalue weighted by molar-refractivity contribution is -0.0642. The van der Waals surface area contributed by atoms with Gasteiger partial charge in [-0.05, 0) is 36.6 Å². The largest absolute Gasteiger partial charge is 0.489 e. The van der Waals surface area contributed by atoms with E-state index in [-0.39, 0.29) is 31.3 Å². The Labute approximate surface area is 168 Å². The van der Waals surface area contributed by atoms with Crippen molar-refractivity contribution in [3.63, 3.8) is 0 Å². The number of anilines is 1. The highest BCUT2D eigenvalue weighted by atomic mass is 16.8. The van der Waals surface area contributed by atoms with Gasteiger partial charge >= 0.3 is 0 Å². The summed E-state index contributed by atoms with van der Waals surface area (Å²) in [7, 11) is 0. The lowest BCUT2D eigenvalue weighted by Gasteiger charge is -2.43. The van der Waals surface area contributed by atoms with Gasteiger partial charge in [0.1, 0.15) is 24.1 Å². The third-order valence-electron chi connectivity index (χ3n) is 6.63. The Balaban J connectivity index is 1.29. The summed E-state index contributed by atoms with van der Waals surface area (Å²) in [6.07, 6.45) is 4.80. The van der Waals surface area contributed by atoms with E-state index in [0.717, 1.165) is 53.9 Å². The average Bonchev–Trinajstić information content (AvgIpc) is 3.42. The number of rotatable bonds is 3. The fourth-order valence-corrected chi connectivity index (χ4v) is 4.94. The van der Waals surface area contributed by atoms with E-state index in [0.29, 0.717) is 6.61 Å². The summed E-state index contributed by atoms with van der Waals surface area (Å²) in [5.74, 6) is 0.796. The second-order valence-corrected chi connectivity index (χ2v) is 8.39. The summed E-state index contributed by atoms with van der Waals surface area (Å²) >= 11 is 0. The first-order valence-corrected chi connectivity index (χ1v) is 10.3. The lowest BCUT2D eigenvalue weighted by Crippen LogP contribution is -2.57. The molecular formula is C22H24N2O5. The van der Waals surface area contributed by atoms with Crippen LogP contribution in [-0.2, 0) is 15.1 Å². The van der Waals surface area contributed by atoms with Crippen LogP contribution >= 0.6 is 0 Å². The van der Waals surface area contributed by atoms with Gasteiger partial charge in [-0.2, -0.15) is 0 Å². The number of aromatic nitrogens is 1. The fraction of sp³-hybridized carbons (Fsp3) is 0.500. The van der Waals surface area contributed by atoms with Crippen LogP contribution in [0.1, 0.15) is 31.4 Å². The van der Waals surface area contributed by atoms with Gasteiger partial charge in [0, 0.05) is 11.8 Å². The molecule has 6 rings (SSSR count). The van der Waals surface area contributed by atoms with E-state index in [9.17, 15) is 10.2 Å². The topological polar surface area (TPSA) is 87.6 Å². The van der Waals surface area contributed by atoms with Crippen molar-refractivity contribution in [3.8, 4) is 16.9 Å². The van der Waals surface area contributed by atoms with Crippen LogP contribution in [-0.4, -0.2) is 53.1 Å². The second-order valence-electron chi connectivity index (χ2n) is 8.39. The standard InChI is InChI=1S/C22H24N2O5/c25-11-18-16-12-27-17-9-13(3-5-15(17)24(16)20-21(28-18)29-20)14-4-6-19(23-10-14)22(26)7-1-2-8-22/h3-6,9-10,16,18,20-21,25-26H,1-2,7-8,11-12H2/t16-,18-,20?,21?/m0/s1. The minimum Gasteiger partial charge on any atom is -0.489 e. The van der Waals surface area contributed by atoms with Crippen LogP contribution in [0.4, 0.5) is 5.69 Å². The molecule has 4 aliphatic rings. The number of hydrogen-bond acceptors (Lipinski definition) is 7. The van der Waals surface area contributed by atoms with Crippen LogP contribution in [0.2, 0.25) is 0 Å². The Bertz CT molecular complexity index is 927. The molecule has 3 aliphatic heterocycles. The lowest BCUT2D eigenvalue weighted by atomic mass is 9.96. The quantitative estimate of drug-likeness (QED) is 0.769. The molecule has 7 heteroatoms. The molecular weight excluding hydrogens is 372 g/mol. The molecule has 7 nitrogen and oxygen atoms in total. The van der Waals surface area contributed by atoms with Gasteiger partial charge in [0.15, 0.2) is 6.23 Å². The normalized spacial score (nSPS) is 31.4. The number of morpholine rings is 1. The van der Waals surface area contributed by atoms with Crippen LogP contribution in [0.25, 0.3) is 11.1 Å². The molecule has 0 spiro atoms. The monoisotopic (exact) mass is 396 g/mol. The van der Waals surface area contributed by atoms with Crippen LogP contribution in [0.5, 0.6) is 5.75 Å². The molecule has 0 bridgehead atoms. The summed E-state index contributed by atoms with van der Waals surface area (Å²) in [6.45, 7) is 0.382. The Kier molecular flexibility index (Phi) is 3.90. The van der Waals surface area contributed by atoms with E-state index in [1.54, 1.807) is 0 Å². The minimum atomic E-state index is -0.771. The predicted octanol–water partition coefficient (Wildman–Crippen LogP) is 2.15. The summed E-state index contributed by atoms with van der Waals surface area (Å²) in [5, 5.41) is 20.4. The third-order valence-corrected chi connectivity index (χ3v) is 6.63. The first kappa shape index (κ1) is 17.7. The van der Waals surface area contributed by atoms with Gasteiger partial charge in [-0.25, -0.2) is 0 Å². The number of pyridine rings is 1. The first-order valence-electron chi connectivity index (χ1n) is 10.3. The minimum absolute atomic E-state index is 0.0600. The Hall–Kier alpha value is -2.19. The molecule has 1 aliphatic carbocycles. The highest BCUT2D eigenvalue weighted by Gasteiger charge is 2.57. The molecule has 3 fully saturated rings. The van der Waals surface area contributed by atoms with E-state index < -0.39 is 5.60 Å². The molecule has 1 aromatic heterocycles. The molecule has 0 radical (unpaired) electrons. The summed E-state index contributed by atoms with van der Waals surface area (Å²) in [4.78, 5) is 6.74. The summed E-state index contributed by atoms with van der Waals surface area (Å²) in [5.41, 5.74) is 2.95. The number of ether oxygens (including phenoxy) is 3. The fourth-order valence-electron chi connectivity index (χ4n) is 4.94. The van der Waals surface area contributed by atoms with Crippen molar-refractivity contribution in [3.05, 3.63) is 42.2 Å². The van der Waals surface area contributed by atoms with Gasteiger partial charge in [0.05, 0.1) is 24.0 Å². The molecule has 2 aromatic rings. The Morgan fingerprint density at radius 2 is 1.93 bits per heavy atom. The number of fused-ring (bicyclic) bond motifs is 5. The molecule has 29 heavy (non-hydrogen) atoms. The number of epoxide rings is 1. The molecule has 1 aromatic carbocycles. The maximum Gasteiger partial charge on any atom is 0.206 e. The zero-order valence-corrected chi connectivity index (χ0v) is 16.0. The van der Waals surface area contributed by atoms with Crippen LogP contribution in [0.3, 0.4) is 0 Å². The van der Waals surface area contributed by atoms with Crippen molar-refractivity contribution in [2.24, 2.45) is 0 Å². The van der Waals surface area contributed by atoms with Gasteiger partial charge in [-0.3, -0.25) is 4.98 Å². The number of aliphatic hydroxyl groups is 2. The number of aliphatic hydroxyl groups excluding tert-OH is 1. The SMILES string of the molecule is OC[C@@H]1OC2OC2N2c3ccc(-c4ccc(C5(O)CCCC5)nc4)cc3OC[C@@H]12. The molecule has 4 atom stereocenters. The Morgan fingerprint density at radius 3 is 2.69 bits per heavy atom. The van der Waals surface area contributed by atoms with E-state index >= 15 is 0 Å². The van der Waals surface area contributed by atoms with Crippen LogP contribution < -0.4 is 9.64 Å². The van der Waals surface area contributed by atoms with Gasteiger partial charge in [0.25, 0.3) is 0 Å². The number of hydrogen-bond donors (Lipinski definition) is 2. The maximum atomic E-state index is 10.7. The second kappa shape index (κ2) is 6.40. The number of nitrogens with zero attached hydrogens (tertiary/aromatic N) is 2. The van der Waals surface area contributed by atoms with Crippen molar-refractivity contribution < 1.29 is 24.4 Å². The third kappa shape index (κ3) is 2.76. The Morgan fingerprint density at radius 1 is 1.10 bits per heavy atom. The smallest absolute Gasteiger partial charge is 0.206 e. The zero-order valence-electron chi connectivity index (χ0n) is 16.0. The molecule has 2 unspecified atom stereocenters.